The second-order valence-electron chi connectivity index (χ2n) is 4.17. The van der Waals surface area contributed by atoms with Gasteiger partial charge in [0.25, 0.3) is 0 Å². The standard InChI is InChI=1S/C12H17N.C2H6O.C2H6/c1-2-4-6-11(5-3-1)12-7-9-13-10-8-12;1-3-2;1-2/h1,3-6,12-13H,2,7-10H2;1-2H3;1-2H3. The van der Waals surface area contributed by atoms with Gasteiger partial charge in [-0.05, 0) is 43.8 Å². The van der Waals surface area contributed by atoms with Crippen molar-refractivity contribution in [2.45, 2.75) is 33.1 Å². The molecule has 0 radical (unpaired) electrons. The minimum absolute atomic E-state index is 0.792. The average molecular weight is 251 g/mol. The second-order valence-corrected chi connectivity index (χ2v) is 4.17. The van der Waals surface area contributed by atoms with Gasteiger partial charge in [-0.1, -0.05) is 44.2 Å². The number of methoxy groups -OCH3 is 1. The van der Waals surface area contributed by atoms with Crippen LogP contribution in [0.1, 0.15) is 33.1 Å². The Morgan fingerprint density at radius 3 is 2.33 bits per heavy atom. The molecule has 18 heavy (non-hydrogen) atoms. The van der Waals surface area contributed by atoms with Crippen molar-refractivity contribution >= 4 is 0 Å². The van der Waals surface area contributed by atoms with Gasteiger partial charge in [0.1, 0.15) is 0 Å². The van der Waals surface area contributed by atoms with Crippen molar-refractivity contribution in [3.05, 3.63) is 36.0 Å². The minimum Gasteiger partial charge on any atom is -0.388 e. The first kappa shape index (κ1) is 17.1. The van der Waals surface area contributed by atoms with Gasteiger partial charge in [-0.25, -0.2) is 0 Å². The summed E-state index contributed by atoms with van der Waals surface area (Å²) < 4.78 is 4.25. The first-order valence-electron chi connectivity index (χ1n) is 7.02. The number of allylic oxidation sites excluding steroid dienone is 6. The van der Waals surface area contributed by atoms with E-state index in [0.29, 0.717) is 0 Å². The molecule has 0 aromatic carbocycles. The number of hydrogen-bond acceptors (Lipinski definition) is 2. The molecule has 0 unspecified atom stereocenters. The molecule has 2 heteroatoms. The zero-order valence-corrected chi connectivity index (χ0v) is 12.4. The molecule has 0 aromatic heterocycles. The van der Waals surface area contributed by atoms with E-state index in [9.17, 15) is 0 Å². The Labute approximate surface area is 113 Å². The summed E-state index contributed by atoms with van der Waals surface area (Å²) in [5.74, 6) is 0.792. The molecule has 1 saturated heterocycles. The number of nitrogens with one attached hydrogen (secondary N) is 1. The highest BCUT2D eigenvalue weighted by molar-refractivity contribution is 5.29. The Hall–Kier alpha value is -0.860. The smallest absolute Gasteiger partial charge is 0.0351 e. The van der Waals surface area contributed by atoms with E-state index >= 15 is 0 Å². The Morgan fingerprint density at radius 2 is 1.72 bits per heavy atom. The van der Waals surface area contributed by atoms with Crippen molar-refractivity contribution in [3.63, 3.8) is 0 Å². The van der Waals surface area contributed by atoms with Crippen LogP contribution in [0.4, 0.5) is 0 Å². The molecule has 1 aliphatic heterocycles. The Bertz CT molecular complexity index is 260. The highest BCUT2D eigenvalue weighted by atomic mass is 16.4. The summed E-state index contributed by atoms with van der Waals surface area (Å²) in [5.41, 5.74) is 1.52. The summed E-state index contributed by atoms with van der Waals surface area (Å²) in [5, 5.41) is 3.40. The van der Waals surface area contributed by atoms with Crippen LogP contribution in [0.15, 0.2) is 36.0 Å². The van der Waals surface area contributed by atoms with Gasteiger partial charge in [-0.3, -0.25) is 0 Å². The number of hydrogen-bond donors (Lipinski definition) is 1. The lowest BCUT2D eigenvalue weighted by molar-refractivity contribution is 0.277. The monoisotopic (exact) mass is 251 g/mol. The maximum Gasteiger partial charge on any atom is 0.0351 e. The summed E-state index contributed by atoms with van der Waals surface area (Å²) in [6.07, 6.45) is 14.9. The van der Waals surface area contributed by atoms with Crippen LogP contribution >= 0.6 is 0 Å². The van der Waals surface area contributed by atoms with E-state index in [1.54, 1.807) is 14.2 Å². The van der Waals surface area contributed by atoms with Gasteiger partial charge in [0.2, 0.25) is 0 Å². The maximum absolute atomic E-state index is 4.25. The highest BCUT2D eigenvalue weighted by Crippen LogP contribution is 2.23. The molecular formula is C16H29NO. The fourth-order valence-electron chi connectivity index (χ4n) is 2.02. The maximum atomic E-state index is 4.25. The van der Waals surface area contributed by atoms with Gasteiger partial charge in [-0.2, -0.15) is 0 Å². The number of ether oxygens (including phenoxy) is 1. The minimum atomic E-state index is 0.792. The van der Waals surface area contributed by atoms with Crippen molar-refractivity contribution in [1.29, 1.82) is 0 Å². The van der Waals surface area contributed by atoms with Gasteiger partial charge >= 0.3 is 0 Å². The van der Waals surface area contributed by atoms with Crippen molar-refractivity contribution in [3.8, 4) is 0 Å². The molecular weight excluding hydrogens is 222 g/mol. The summed E-state index contributed by atoms with van der Waals surface area (Å²) in [4.78, 5) is 0. The molecule has 0 amide bonds. The first-order chi connectivity index (χ1) is 8.88. The number of rotatable bonds is 1. The first-order valence-corrected chi connectivity index (χ1v) is 7.02. The van der Waals surface area contributed by atoms with E-state index in [1.807, 2.05) is 13.8 Å². The molecule has 1 heterocycles. The molecule has 0 saturated carbocycles. The normalized spacial score (nSPS) is 18.8. The third kappa shape index (κ3) is 7.46. The van der Waals surface area contributed by atoms with Crippen LogP contribution in [0.25, 0.3) is 0 Å². The predicted octanol–water partition coefficient (Wildman–Crippen LogP) is 3.72. The fraction of sp³-hybridized carbons (Fsp3) is 0.625. The molecule has 0 spiro atoms. The number of piperidine rings is 1. The van der Waals surface area contributed by atoms with Crippen LogP contribution in [0.3, 0.4) is 0 Å². The van der Waals surface area contributed by atoms with Gasteiger partial charge in [-0.15, -0.1) is 0 Å². The van der Waals surface area contributed by atoms with Crippen molar-refractivity contribution in [1.82, 2.24) is 5.32 Å². The molecule has 0 atom stereocenters. The molecule has 104 valence electrons. The van der Waals surface area contributed by atoms with Crippen molar-refractivity contribution < 1.29 is 4.74 Å². The second kappa shape index (κ2) is 12.6. The van der Waals surface area contributed by atoms with Gasteiger partial charge < -0.3 is 10.1 Å². The van der Waals surface area contributed by atoms with E-state index in [4.69, 9.17) is 0 Å². The fourth-order valence-corrected chi connectivity index (χ4v) is 2.02. The zero-order chi connectivity index (χ0) is 13.6. The average Bonchev–Trinajstić information content (AvgIpc) is 2.72. The third-order valence-electron chi connectivity index (χ3n) is 2.82. The highest BCUT2D eigenvalue weighted by Gasteiger charge is 2.15. The molecule has 0 bridgehead atoms. The lowest BCUT2D eigenvalue weighted by Gasteiger charge is -2.23. The third-order valence-corrected chi connectivity index (χ3v) is 2.82. The van der Waals surface area contributed by atoms with Gasteiger partial charge in [0.15, 0.2) is 0 Å². The quantitative estimate of drug-likeness (QED) is 0.767. The molecule has 1 N–H and O–H groups in total. The molecule has 1 fully saturated rings. The van der Waals surface area contributed by atoms with E-state index in [-0.39, 0.29) is 0 Å². The van der Waals surface area contributed by atoms with E-state index in [0.717, 1.165) is 12.3 Å². The predicted molar refractivity (Wildman–Crippen MR) is 80.9 cm³/mol. The molecule has 0 aromatic rings. The summed E-state index contributed by atoms with van der Waals surface area (Å²) in [7, 11) is 3.25. The van der Waals surface area contributed by atoms with Crippen LogP contribution in [0.2, 0.25) is 0 Å². The van der Waals surface area contributed by atoms with E-state index < -0.39 is 0 Å². The molecule has 1 aliphatic carbocycles. The van der Waals surface area contributed by atoms with E-state index in [2.05, 4.69) is 40.4 Å². The van der Waals surface area contributed by atoms with Crippen LogP contribution in [-0.4, -0.2) is 27.3 Å². The van der Waals surface area contributed by atoms with Crippen molar-refractivity contribution in [2.75, 3.05) is 27.3 Å². The Balaban J connectivity index is 0.000000509. The zero-order valence-electron chi connectivity index (χ0n) is 12.4. The lowest BCUT2D eigenvalue weighted by Crippen LogP contribution is -2.28. The molecule has 2 nitrogen and oxygen atoms in total. The largest absolute Gasteiger partial charge is 0.388 e. The summed E-state index contributed by atoms with van der Waals surface area (Å²) in [6, 6.07) is 0. The molecule has 2 rings (SSSR count). The van der Waals surface area contributed by atoms with Crippen LogP contribution in [-0.2, 0) is 4.74 Å². The van der Waals surface area contributed by atoms with E-state index in [1.165, 1.54) is 31.5 Å². The summed E-state index contributed by atoms with van der Waals surface area (Å²) in [6.45, 7) is 6.36. The Kier molecular flexibility index (Phi) is 12.0. The topological polar surface area (TPSA) is 21.3 Å². The van der Waals surface area contributed by atoms with Crippen LogP contribution < -0.4 is 5.32 Å². The summed E-state index contributed by atoms with van der Waals surface area (Å²) >= 11 is 0. The van der Waals surface area contributed by atoms with Crippen LogP contribution in [0, 0.1) is 5.92 Å². The van der Waals surface area contributed by atoms with Crippen molar-refractivity contribution in [2.24, 2.45) is 5.92 Å². The van der Waals surface area contributed by atoms with Gasteiger partial charge in [0.05, 0.1) is 0 Å². The van der Waals surface area contributed by atoms with Gasteiger partial charge in [0, 0.05) is 14.2 Å². The van der Waals surface area contributed by atoms with Crippen LogP contribution in [0.5, 0.6) is 0 Å². The lowest BCUT2D eigenvalue weighted by atomic mass is 9.89. The SMILES string of the molecule is C1=CCC=CC(C2CCNCC2)=C1.CC.COC. The Morgan fingerprint density at radius 1 is 1.11 bits per heavy atom. The molecule has 2 aliphatic rings.